The van der Waals surface area contributed by atoms with Gasteiger partial charge in [-0.3, -0.25) is 0 Å². The van der Waals surface area contributed by atoms with E-state index >= 15 is 0 Å². The zero-order valence-corrected chi connectivity index (χ0v) is 12.9. The zero-order chi connectivity index (χ0) is 14.3. The van der Waals surface area contributed by atoms with Gasteiger partial charge in [0.15, 0.2) is 6.04 Å². The molecule has 1 amide bonds. The van der Waals surface area contributed by atoms with E-state index in [1.807, 2.05) is 6.92 Å². The van der Waals surface area contributed by atoms with Crippen molar-refractivity contribution in [3.8, 4) is 0 Å². The van der Waals surface area contributed by atoms with Gasteiger partial charge in [-0.2, -0.15) is 12.6 Å². The summed E-state index contributed by atoms with van der Waals surface area (Å²) in [4.78, 5) is 23.0. The minimum Gasteiger partial charge on any atom is -0.480 e. The lowest BCUT2D eigenvalue weighted by Gasteiger charge is -2.29. The van der Waals surface area contributed by atoms with Crippen molar-refractivity contribution in [3.05, 3.63) is 0 Å². The van der Waals surface area contributed by atoms with Gasteiger partial charge in [0.2, 0.25) is 0 Å². The van der Waals surface area contributed by atoms with E-state index in [1.165, 1.54) is 0 Å². The van der Waals surface area contributed by atoms with Gasteiger partial charge in [0.1, 0.15) is 5.60 Å². The van der Waals surface area contributed by atoms with Crippen LogP contribution in [0, 0.1) is 0 Å². The summed E-state index contributed by atoms with van der Waals surface area (Å²) in [7, 11) is 0. The largest absolute Gasteiger partial charge is 0.480 e. The number of carbonyl (C=O) groups excluding carboxylic acids is 1. The second-order valence-electron chi connectivity index (χ2n) is 4.68. The van der Waals surface area contributed by atoms with Crippen LogP contribution in [0.1, 0.15) is 34.1 Å². The number of hydrogen-bond acceptors (Lipinski definition) is 5. The molecule has 0 saturated carbocycles. The summed E-state index contributed by atoms with van der Waals surface area (Å²) >= 11 is 5.14. The number of carboxylic acids is 1. The second kappa shape index (κ2) is 7.78. The molecule has 1 atom stereocenters. The van der Waals surface area contributed by atoms with Gasteiger partial charge in [-0.25, -0.2) is 13.9 Å². The van der Waals surface area contributed by atoms with Gasteiger partial charge in [0.05, 0.1) is 0 Å². The molecule has 5 nitrogen and oxygen atoms in total. The fourth-order valence-corrected chi connectivity index (χ4v) is 2.32. The Kier molecular flexibility index (Phi) is 7.54. The van der Waals surface area contributed by atoms with Crippen LogP contribution in [0.4, 0.5) is 4.79 Å². The van der Waals surface area contributed by atoms with Gasteiger partial charge in [0.25, 0.3) is 0 Å². The van der Waals surface area contributed by atoms with Gasteiger partial charge in [-0.1, -0.05) is 6.92 Å². The van der Waals surface area contributed by atoms with Crippen LogP contribution in [-0.2, 0) is 9.53 Å². The Hall–Kier alpha value is -0.560. The SMILES string of the molecule is CCCSN(C(=O)OC(C)(C)C)[C@@H](CS)C(=O)O. The molecule has 0 fully saturated rings. The summed E-state index contributed by atoms with van der Waals surface area (Å²) < 4.78 is 6.36. The quantitative estimate of drug-likeness (QED) is 0.582. The third-order valence-corrected chi connectivity index (χ3v) is 3.37. The molecule has 0 aliphatic heterocycles. The Bertz CT molecular complexity index is 291. The fraction of sp³-hybridized carbons (Fsp3) is 0.818. The van der Waals surface area contributed by atoms with Gasteiger partial charge >= 0.3 is 12.1 Å². The highest BCUT2D eigenvalue weighted by molar-refractivity contribution is 7.97. The number of carbonyl (C=O) groups is 2. The Balaban J connectivity index is 4.85. The van der Waals surface area contributed by atoms with E-state index < -0.39 is 23.7 Å². The third kappa shape index (κ3) is 6.39. The van der Waals surface area contributed by atoms with E-state index in [4.69, 9.17) is 9.84 Å². The molecule has 106 valence electrons. The van der Waals surface area contributed by atoms with Gasteiger partial charge < -0.3 is 9.84 Å². The number of hydrogen-bond donors (Lipinski definition) is 2. The molecule has 0 unspecified atom stereocenters. The standard InChI is InChI=1S/C11H21NO4S2/c1-5-6-18-12(8(7-17)9(13)14)10(15)16-11(2,3)4/h8,17H,5-7H2,1-4H3,(H,13,14)/t8-/m0/s1. The van der Waals surface area contributed by atoms with E-state index in [1.54, 1.807) is 20.8 Å². The summed E-state index contributed by atoms with van der Waals surface area (Å²) in [5.41, 5.74) is -0.651. The van der Waals surface area contributed by atoms with Crippen molar-refractivity contribution in [2.24, 2.45) is 0 Å². The second-order valence-corrected chi connectivity index (χ2v) is 6.10. The highest BCUT2D eigenvalue weighted by Crippen LogP contribution is 2.21. The summed E-state index contributed by atoms with van der Waals surface area (Å²) in [6, 6.07) is -0.986. The molecule has 1 N–H and O–H groups in total. The van der Waals surface area contributed by atoms with Crippen molar-refractivity contribution < 1.29 is 19.4 Å². The molecule has 7 heteroatoms. The van der Waals surface area contributed by atoms with Crippen molar-refractivity contribution in [1.82, 2.24) is 4.31 Å². The Morgan fingerprint density at radius 3 is 2.33 bits per heavy atom. The fourth-order valence-electron chi connectivity index (χ4n) is 1.02. The zero-order valence-electron chi connectivity index (χ0n) is 11.2. The lowest BCUT2D eigenvalue weighted by Crippen LogP contribution is -2.44. The van der Waals surface area contributed by atoms with Crippen molar-refractivity contribution in [2.45, 2.75) is 45.8 Å². The maximum Gasteiger partial charge on any atom is 0.421 e. The number of nitrogens with zero attached hydrogens (tertiary/aromatic N) is 1. The molecule has 0 aromatic heterocycles. The van der Waals surface area contributed by atoms with Gasteiger partial charge in [0, 0.05) is 11.5 Å². The van der Waals surface area contributed by atoms with E-state index in [0.717, 1.165) is 22.7 Å². The first-order chi connectivity index (χ1) is 8.22. The highest BCUT2D eigenvalue weighted by atomic mass is 32.2. The third-order valence-electron chi connectivity index (χ3n) is 1.75. The normalized spacial score (nSPS) is 12.9. The Morgan fingerprint density at radius 1 is 1.44 bits per heavy atom. The smallest absolute Gasteiger partial charge is 0.421 e. The summed E-state index contributed by atoms with van der Waals surface area (Å²) in [6.07, 6.45) is 0.200. The molecule has 0 aliphatic carbocycles. The highest BCUT2D eigenvalue weighted by Gasteiger charge is 2.32. The molecular weight excluding hydrogens is 274 g/mol. The van der Waals surface area contributed by atoms with Crippen LogP contribution >= 0.6 is 24.6 Å². The average molecular weight is 295 g/mol. The summed E-state index contributed by atoms with van der Waals surface area (Å²) in [6.45, 7) is 7.18. The van der Waals surface area contributed by atoms with E-state index in [9.17, 15) is 9.59 Å². The number of aliphatic carboxylic acids is 1. The van der Waals surface area contributed by atoms with E-state index in [2.05, 4.69) is 12.6 Å². The molecule has 0 heterocycles. The molecule has 0 rings (SSSR count). The first kappa shape index (κ1) is 17.4. The number of thiol groups is 1. The topological polar surface area (TPSA) is 66.8 Å². The predicted octanol–water partition coefficient (Wildman–Crippen LogP) is 2.66. The lowest BCUT2D eigenvalue weighted by molar-refractivity contribution is -0.140. The number of amides is 1. The molecule has 0 radical (unpaired) electrons. The van der Waals surface area contributed by atoms with Crippen molar-refractivity contribution in [1.29, 1.82) is 0 Å². The summed E-state index contributed by atoms with van der Waals surface area (Å²) in [5, 5.41) is 9.08. The Labute approximate surface area is 118 Å². The van der Waals surface area contributed by atoms with Crippen molar-refractivity contribution in [2.75, 3.05) is 11.5 Å². The number of ether oxygens (including phenoxy) is 1. The van der Waals surface area contributed by atoms with Gasteiger partial charge in [-0.05, 0) is 39.1 Å². The van der Waals surface area contributed by atoms with E-state index in [0.29, 0.717) is 5.75 Å². The molecule has 0 bridgehead atoms. The molecular formula is C11H21NO4S2. The van der Waals surface area contributed by atoms with Crippen molar-refractivity contribution >= 4 is 36.6 Å². The molecule has 0 aromatic carbocycles. The number of rotatable bonds is 6. The monoisotopic (exact) mass is 295 g/mol. The van der Waals surface area contributed by atoms with Crippen molar-refractivity contribution in [3.63, 3.8) is 0 Å². The van der Waals surface area contributed by atoms with Crippen LogP contribution in [0.5, 0.6) is 0 Å². The predicted molar refractivity (Wildman–Crippen MR) is 76.1 cm³/mol. The minimum absolute atomic E-state index is 0.0469. The minimum atomic E-state index is -1.08. The lowest BCUT2D eigenvalue weighted by atomic mass is 10.2. The molecule has 0 spiro atoms. The molecule has 18 heavy (non-hydrogen) atoms. The van der Waals surface area contributed by atoms with Crippen LogP contribution in [0.25, 0.3) is 0 Å². The van der Waals surface area contributed by atoms with Crippen LogP contribution < -0.4 is 0 Å². The maximum absolute atomic E-state index is 12.0. The Morgan fingerprint density at radius 2 is 2.00 bits per heavy atom. The van der Waals surface area contributed by atoms with Gasteiger partial charge in [-0.15, -0.1) is 0 Å². The van der Waals surface area contributed by atoms with Crippen LogP contribution in [-0.4, -0.2) is 44.6 Å². The van der Waals surface area contributed by atoms with Crippen LogP contribution in [0.15, 0.2) is 0 Å². The average Bonchev–Trinajstić information content (AvgIpc) is 2.20. The van der Waals surface area contributed by atoms with Crippen LogP contribution in [0.3, 0.4) is 0 Å². The first-order valence-corrected chi connectivity index (χ1v) is 7.29. The summed E-state index contributed by atoms with van der Waals surface area (Å²) in [5.74, 6) is -0.387. The molecule has 0 saturated heterocycles. The number of carboxylic acid groups (broad SMARTS) is 1. The van der Waals surface area contributed by atoms with Crippen LogP contribution in [0.2, 0.25) is 0 Å². The first-order valence-electron chi connectivity index (χ1n) is 5.71. The molecule has 0 aliphatic rings. The van der Waals surface area contributed by atoms with E-state index in [-0.39, 0.29) is 5.75 Å². The maximum atomic E-state index is 12.0. The molecule has 0 aromatic rings.